The van der Waals surface area contributed by atoms with Gasteiger partial charge in [-0.15, -0.1) is 4.91 Å². The average molecular weight is 552 g/mol. The number of nitrogens with one attached hydrogen (secondary N) is 2. The molecule has 0 aromatic carbocycles. The van der Waals surface area contributed by atoms with Crippen LogP contribution in [0.3, 0.4) is 0 Å². The van der Waals surface area contributed by atoms with Crippen LogP contribution in [0.2, 0.25) is 0 Å². The lowest BCUT2D eigenvalue weighted by molar-refractivity contribution is -0.138. The Morgan fingerprint density at radius 1 is 1.21 bits per heavy atom. The maximum Gasteiger partial charge on any atom is 0.234 e. The van der Waals surface area contributed by atoms with Gasteiger partial charge in [0.15, 0.2) is 12.0 Å². The lowest BCUT2D eigenvalue weighted by atomic mass is 9.94. The van der Waals surface area contributed by atoms with E-state index in [0.717, 1.165) is 38.9 Å². The number of pyridine rings is 1. The Labute approximate surface area is 227 Å². The molecule has 216 valence electrons. The van der Waals surface area contributed by atoms with E-state index >= 15 is 4.39 Å². The molecule has 0 bridgehead atoms. The summed E-state index contributed by atoms with van der Waals surface area (Å²) in [6, 6.07) is 0. The molecule has 3 saturated heterocycles. The number of halogens is 2. The maximum atomic E-state index is 15.1. The van der Waals surface area contributed by atoms with Crippen LogP contribution in [0.5, 0.6) is 0 Å². The summed E-state index contributed by atoms with van der Waals surface area (Å²) in [5, 5.41) is 8.45. The van der Waals surface area contributed by atoms with Crippen LogP contribution in [0.25, 0.3) is 0 Å². The van der Waals surface area contributed by atoms with Crippen molar-refractivity contribution in [1.82, 2.24) is 25.0 Å². The molecule has 1 aromatic rings. The predicted molar refractivity (Wildman–Crippen MR) is 143 cm³/mol. The van der Waals surface area contributed by atoms with Gasteiger partial charge in [-0.1, -0.05) is 12.1 Å². The van der Waals surface area contributed by atoms with Crippen molar-refractivity contribution in [2.75, 3.05) is 76.2 Å². The summed E-state index contributed by atoms with van der Waals surface area (Å²) in [6.45, 7) is 7.19. The largest absolute Gasteiger partial charge is 0.367 e. The Morgan fingerprint density at radius 3 is 2.51 bits per heavy atom. The number of piperidine rings is 1. The van der Waals surface area contributed by atoms with Crippen molar-refractivity contribution in [1.29, 1.82) is 0 Å². The second-order valence-electron chi connectivity index (χ2n) is 10.5. The SMILES string of the molecule is CCN1CCN(C(=O)C2CCN(c3c(F)cncc3NC(=O)C(C(N)N=O)C3NCC(F)CN3C)CC2)CC1. The van der Waals surface area contributed by atoms with Crippen molar-refractivity contribution < 1.29 is 18.4 Å². The van der Waals surface area contributed by atoms with Crippen molar-refractivity contribution in [3.63, 3.8) is 0 Å². The van der Waals surface area contributed by atoms with Crippen molar-refractivity contribution in [2.24, 2.45) is 22.7 Å². The highest BCUT2D eigenvalue weighted by Crippen LogP contribution is 2.33. The average Bonchev–Trinajstić information content (AvgIpc) is 2.94. The van der Waals surface area contributed by atoms with Crippen LogP contribution in [0.15, 0.2) is 17.6 Å². The zero-order valence-corrected chi connectivity index (χ0v) is 22.6. The Hall–Kier alpha value is -2.81. The summed E-state index contributed by atoms with van der Waals surface area (Å²) in [4.78, 5) is 49.3. The van der Waals surface area contributed by atoms with E-state index in [1.165, 1.54) is 6.20 Å². The topological polar surface area (TPSA) is 140 Å². The van der Waals surface area contributed by atoms with E-state index in [9.17, 15) is 18.9 Å². The number of amides is 2. The summed E-state index contributed by atoms with van der Waals surface area (Å²) in [7, 11) is 1.62. The molecule has 12 nitrogen and oxygen atoms in total. The third-order valence-electron chi connectivity index (χ3n) is 8.06. The van der Waals surface area contributed by atoms with Crippen LogP contribution in [-0.4, -0.2) is 116 Å². The highest BCUT2D eigenvalue weighted by atomic mass is 19.1. The first-order valence-electron chi connectivity index (χ1n) is 13.6. The van der Waals surface area contributed by atoms with Gasteiger partial charge in [-0.2, -0.15) is 0 Å². The molecule has 4 unspecified atom stereocenters. The van der Waals surface area contributed by atoms with Crippen LogP contribution >= 0.6 is 0 Å². The molecule has 0 aliphatic carbocycles. The molecule has 4 atom stereocenters. The van der Waals surface area contributed by atoms with E-state index in [2.05, 4.69) is 32.6 Å². The van der Waals surface area contributed by atoms with Crippen molar-refractivity contribution >= 4 is 23.2 Å². The molecule has 3 aliphatic heterocycles. The molecule has 14 heteroatoms. The number of hydrogen-bond donors (Lipinski definition) is 3. The first-order chi connectivity index (χ1) is 18.7. The van der Waals surface area contributed by atoms with Crippen LogP contribution < -0.4 is 21.3 Å². The monoisotopic (exact) mass is 551 g/mol. The number of rotatable bonds is 8. The Bertz CT molecular complexity index is 1020. The molecule has 39 heavy (non-hydrogen) atoms. The first-order valence-corrected chi connectivity index (χ1v) is 13.6. The molecular weight excluding hydrogens is 512 g/mol. The number of alkyl halides is 1. The number of carbonyl (C=O) groups is 2. The fourth-order valence-corrected chi connectivity index (χ4v) is 5.80. The van der Waals surface area contributed by atoms with E-state index in [-0.39, 0.29) is 36.3 Å². The molecule has 4 heterocycles. The van der Waals surface area contributed by atoms with Gasteiger partial charge in [0.05, 0.1) is 24.2 Å². The fraction of sp³-hybridized carbons (Fsp3) is 0.720. The van der Waals surface area contributed by atoms with Crippen LogP contribution in [-0.2, 0) is 9.59 Å². The Kier molecular flexibility index (Phi) is 9.75. The van der Waals surface area contributed by atoms with Gasteiger partial charge in [-0.25, -0.2) is 8.78 Å². The summed E-state index contributed by atoms with van der Waals surface area (Å²) in [5.41, 5.74) is 6.19. The molecule has 1 aromatic heterocycles. The number of anilines is 2. The predicted octanol–water partition coefficient (Wildman–Crippen LogP) is 0.406. The second-order valence-corrected chi connectivity index (χ2v) is 10.5. The van der Waals surface area contributed by atoms with E-state index in [0.29, 0.717) is 25.9 Å². The van der Waals surface area contributed by atoms with Gasteiger partial charge in [0.1, 0.15) is 17.8 Å². The number of likely N-dealkylation sites (N-methyl/N-ethyl adjacent to an activating group) is 1. The normalized spacial score (nSPS) is 25.3. The molecule has 3 fully saturated rings. The van der Waals surface area contributed by atoms with Crippen LogP contribution in [0, 0.1) is 22.6 Å². The standard InChI is InChI=1S/C25H39F2N9O3/c1-3-34-8-10-36(11-9-34)25(38)16-4-6-35(7-5-16)21-18(27)13-29-14-19(21)31-24(37)20(22(28)32-39)23-30-12-17(26)15-33(23)2/h13-14,16-17,20,22-23,30H,3-12,15,28H2,1-2H3,(H,31,37). The summed E-state index contributed by atoms with van der Waals surface area (Å²) < 4.78 is 28.9. The smallest absolute Gasteiger partial charge is 0.234 e. The molecule has 4 rings (SSSR count). The van der Waals surface area contributed by atoms with Gasteiger partial charge in [0.25, 0.3) is 0 Å². The maximum absolute atomic E-state index is 15.1. The molecular formula is C25H39F2N9O3. The summed E-state index contributed by atoms with van der Waals surface area (Å²) >= 11 is 0. The highest BCUT2D eigenvalue weighted by molar-refractivity contribution is 5.96. The lowest BCUT2D eigenvalue weighted by Gasteiger charge is -2.40. The van der Waals surface area contributed by atoms with Gasteiger partial charge in [0, 0.05) is 58.3 Å². The van der Waals surface area contributed by atoms with E-state index in [1.807, 2.05) is 4.90 Å². The first kappa shape index (κ1) is 29.2. The van der Waals surface area contributed by atoms with Crippen LogP contribution in [0.4, 0.5) is 20.2 Å². The third-order valence-corrected chi connectivity index (χ3v) is 8.06. The van der Waals surface area contributed by atoms with Crippen molar-refractivity contribution in [3.8, 4) is 0 Å². The van der Waals surface area contributed by atoms with E-state index in [1.54, 1.807) is 16.8 Å². The zero-order valence-electron chi connectivity index (χ0n) is 22.6. The minimum absolute atomic E-state index is 0.000905. The quantitative estimate of drug-likeness (QED) is 0.392. The van der Waals surface area contributed by atoms with E-state index < -0.39 is 36.1 Å². The number of nitrogens with two attached hydrogens (primary N) is 1. The highest BCUT2D eigenvalue weighted by Gasteiger charge is 2.40. The summed E-state index contributed by atoms with van der Waals surface area (Å²) in [6.07, 6.45) is 0.252. The van der Waals surface area contributed by atoms with Crippen molar-refractivity contribution in [3.05, 3.63) is 23.1 Å². The molecule has 2 amide bonds. The lowest BCUT2D eigenvalue weighted by Crippen LogP contribution is -2.62. The minimum atomic E-state index is -1.41. The van der Waals surface area contributed by atoms with Crippen molar-refractivity contribution in [2.45, 2.75) is 38.3 Å². The number of nitroso groups, excluding NO2 is 1. The van der Waals surface area contributed by atoms with Gasteiger partial charge < -0.3 is 25.8 Å². The Morgan fingerprint density at radius 2 is 1.90 bits per heavy atom. The molecule has 0 radical (unpaired) electrons. The number of aromatic nitrogens is 1. The number of hydrogen-bond acceptors (Lipinski definition) is 10. The zero-order chi connectivity index (χ0) is 28.1. The van der Waals surface area contributed by atoms with Gasteiger partial charge in [0.2, 0.25) is 11.8 Å². The molecule has 0 spiro atoms. The van der Waals surface area contributed by atoms with Gasteiger partial charge in [-0.05, 0) is 26.4 Å². The molecule has 4 N–H and O–H groups in total. The number of piperazine rings is 1. The number of carbonyl (C=O) groups excluding carboxylic acids is 2. The third kappa shape index (κ3) is 6.68. The second kappa shape index (κ2) is 13.0. The fourth-order valence-electron chi connectivity index (χ4n) is 5.80. The van der Waals surface area contributed by atoms with Gasteiger partial charge in [-0.3, -0.25) is 24.8 Å². The Balaban J connectivity index is 1.44. The van der Waals surface area contributed by atoms with E-state index in [4.69, 9.17) is 5.73 Å². The number of nitrogens with zero attached hydrogens (tertiary/aromatic N) is 6. The molecule has 0 saturated carbocycles. The van der Waals surface area contributed by atoms with Gasteiger partial charge >= 0.3 is 0 Å². The summed E-state index contributed by atoms with van der Waals surface area (Å²) in [5.74, 6) is -2.42. The minimum Gasteiger partial charge on any atom is -0.367 e. The molecule has 3 aliphatic rings. The van der Waals surface area contributed by atoms with Crippen LogP contribution in [0.1, 0.15) is 19.8 Å².